The Morgan fingerprint density at radius 3 is 2.69 bits per heavy atom. The van der Waals surface area contributed by atoms with Crippen LogP contribution in [0.15, 0.2) is 24.3 Å². The second-order valence-electron chi connectivity index (χ2n) is 6.68. The zero-order valence-electron chi connectivity index (χ0n) is 16.0. The Labute approximate surface area is 176 Å². The Morgan fingerprint density at radius 2 is 2.07 bits per heavy atom. The summed E-state index contributed by atoms with van der Waals surface area (Å²) in [5.74, 6) is 1.06. The van der Waals surface area contributed by atoms with Gasteiger partial charge in [-0.15, -0.1) is 6.42 Å². The zero-order valence-corrected chi connectivity index (χ0v) is 17.6. The van der Waals surface area contributed by atoms with E-state index in [-0.39, 0.29) is 33.9 Å². The number of ether oxygens (including phenoxy) is 1. The molecule has 1 heterocycles. The van der Waals surface area contributed by atoms with E-state index >= 15 is 0 Å². The molecule has 0 saturated carbocycles. The van der Waals surface area contributed by atoms with Gasteiger partial charge >= 0.3 is 6.09 Å². The molecule has 0 atom stereocenters. The molecule has 0 aliphatic carbocycles. The first kappa shape index (κ1) is 22.6. The molecule has 1 N–H and O–H groups in total. The Morgan fingerprint density at radius 1 is 1.38 bits per heavy atom. The summed E-state index contributed by atoms with van der Waals surface area (Å²) in [7, 11) is 0. The second kappa shape index (κ2) is 9.69. The molecular formula is C19H19ClFN3O4S. The number of nitrogens with zero attached hydrogens (tertiary/aromatic N) is 2. The van der Waals surface area contributed by atoms with E-state index in [1.165, 1.54) is 18.2 Å². The standard InChI is InChI=1S/C19H19ClFN3O4S/c1-5-10-27-24(11-12-8-6-7-9-13(12)21)16(25)14-15(20)22-17(29-14)23-18(26)28-19(2,3)4/h1,6-9H,10-11H2,2-4H3,(H,22,23,26). The highest BCUT2D eigenvalue weighted by Crippen LogP contribution is 2.29. The predicted molar refractivity (Wildman–Crippen MR) is 108 cm³/mol. The van der Waals surface area contributed by atoms with Gasteiger partial charge in [-0.2, -0.15) is 0 Å². The van der Waals surface area contributed by atoms with Crippen LogP contribution in [0, 0.1) is 18.2 Å². The van der Waals surface area contributed by atoms with Gasteiger partial charge in [-0.1, -0.05) is 47.1 Å². The average Bonchev–Trinajstić information content (AvgIpc) is 2.97. The summed E-state index contributed by atoms with van der Waals surface area (Å²) >= 11 is 6.89. The lowest BCUT2D eigenvalue weighted by molar-refractivity contribution is -0.116. The summed E-state index contributed by atoms with van der Waals surface area (Å²) < 4.78 is 19.1. The number of halogens is 2. The largest absolute Gasteiger partial charge is 0.444 e. The number of benzene rings is 1. The molecule has 0 spiro atoms. The minimum absolute atomic E-state index is 0.00825. The molecule has 0 bridgehead atoms. The summed E-state index contributed by atoms with van der Waals surface area (Å²) in [4.78, 5) is 33.9. The molecule has 7 nitrogen and oxygen atoms in total. The molecule has 0 radical (unpaired) electrons. The molecule has 0 saturated heterocycles. The molecule has 154 valence electrons. The normalized spacial score (nSPS) is 10.9. The van der Waals surface area contributed by atoms with Gasteiger partial charge in [0.2, 0.25) is 0 Å². The number of hydrogen-bond acceptors (Lipinski definition) is 6. The first-order valence-electron chi connectivity index (χ1n) is 8.38. The van der Waals surface area contributed by atoms with Crippen LogP contribution in [0.5, 0.6) is 0 Å². The van der Waals surface area contributed by atoms with Gasteiger partial charge < -0.3 is 4.74 Å². The van der Waals surface area contributed by atoms with Crippen LogP contribution < -0.4 is 5.32 Å². The minimum Gasteiger partial charge on any atom is -0.444 e. The number of nitrogens with one attached hydrogen (secondary N) is 1. The third kappa shape index (κ3) is 6.71. The maximum Gasteiger partial charge on any atom is 0.413 e. The maximum absolute atomic E-state index is 14.0. The Kier molecular flexibility index (Phi) is 7.56. The molecule has 0 aliphatic heterocycles. The maximum atomic E-state index is 14.0. The van der Waals surface area contributed by atoms with E-state index in [9.17, 15) is 14.0 Å². The summed E-state index contributed by atoms with van der Waals surface area (Å²) in [5, 5.41) is 3.23. The fraction of sp³-hybridized carbons (Fsp3) is 0.316. The van der Waals surface area contributed by atoms with Crippen LogP contribution in [0.25, 0.3) is 0 Å². The van der Waals surface area contributed by atoms with Crippen molar-refractivity contribution in [1.82, 2.24) is 10.0 Å². The summed E-state index contributed by atoms with van der Waals surface area (Å²) in [6, 6.07) is 5.94. The van der Waals surface area contributed by atoms with Gasteiger partial charge in [-0.25, -0.2) is 19.2 Å². The molecule has 0 aliphatic rings. The van der Waals surface area contributed by atoms with Gasteiger partial charge in [0.25, 0.3) is 5.91 Å². The Bertz CT molecular complexity index is 936. The van der Waals surface area contributed by atoms with Crippen LogP contribution >= 0.6 is 22.9 Å². The van der Waals surface area contributed by atoms with E-state index in [1.807, 2.05) is 0 Å². The van der Waals surface area contributed by atoms with E-state index in [4.69, 9.17) is 27.6 Å². The van der Waals surface area contributed by atoms with Crippen LogP contribution in [0.1, 0.15) is 36.0 Å². The van der Waals surface area contributed by atoms with Crippen molar-refractivity contribution >= 4 is 40.1 Å². The molecule has 2 amide bonds. The quantitative estimate of drug-likeness (QED) is 0.529. The molecule has 0 fully saturated rings. The van der Waals surface area contributed by atoms with Crippen molar-refractivity contribution in [2.75, 3.05) is 11.9 Å². The second-order valence-corrected chi connectivity index (χ2v) is 8.03. The van der Waals surface area contributed by atoms with E-state index in [0.717, 1.165) is 16.4 Å². The van der Waals surface area contributed by atoms with Gasteiger partial charge in [0.1, 0.15) is 22.9 Å². The van der Waals surface area contributed by atoms with Crippen molar-refractivity contribution in [2.24, 2.45) is 0 Å². The van der Waals surface area contributed by atoms with E-state index in [1.54, 1.807) is 26.8 Å². The van der Waals surface area contributed by atoms with E-state index in [2.05, 4.69) is 16.2 Å². The van der Waals surface area contributed by atoms with E-state index in [0.29, 0.717) is 0 Å². The number of carbonyl (C=O) groups is 2. The number of hydroxylamine groups is 2. The number of anilines is 1. The first-order chi connectivity index (χ1) is 13.6. The predicted octanol–water partition coefficient (Wildman–Crippen LogP) is 4.49. The number of amides is 2. The monoisotopic (exact) mass is 439 g/mol. The third-order valence-electron chi connectivity index (χ3n) is 3.19. The van der Waals surface area contributed by atoms with Crippen LogP contribution in [-0.2, 0) is 16.1 Å². The molecule has 29 heavy (non-hydrogen) atoms. The molecule has 10 heteroatoms. The van der Waals surface area contributed by atoms with Gasteiger partial charge in [0.05, 0.1) is 6.54 Å². The van der Waals surface area contributed by atoms with Crippen LogP contribution in [-0.4, -0.2) is 34.3 Å². The SMILES string of the molecule is C#CCON(Cc1ccccc1F)C(=O)c1sc(NC(=O)OC(C)(C)C)nc1Cl. The lowest BCUT2D eigenvalue weighted by Gasteiger charge is -2.20. The lowest BCUT2D eigenvalue weighted by atomic mass is 10.2. The van der Waals surface area contributed by atoms with Gasteiger partial charge in [-0.3, -0.25) is 14.9 Å². The topological polar surface area (TPSA) is 80.8 Å². The minimum atomic E-state index is -0.742. The van der Waals surface area contributed by atoms with Crippen molar-refractivity contribution in [2.45, 2.75) is 32.9 Å². The Hall–Kier alpha value is -2.67. The number of thiazole rings is 1. The zero-order chi connectivity index (χ0) is 21.6. The summed E-state index contributed by atoms with van der Waals surface area (Å²) in [6.45, 7) is 4.72. The number of rotatable bonds is 6. The first-order valence-corrected chi connectivity index (χ1v) is 9.58. The molecular weight excluding hydrogens is 421 g/mol. The number of carbonyl (C=O) groups excluding carboxylic acids is 2. The molecule has 1 aromatic carbocycles. The highest BCUT2D eigenvalue weighted by atomic mass is 35.5. The molecule has 0 unspecified atom stereocenters. The summed E-state index contributed by atoms with van der Waals surface area (Å²) in [5.41, 5.74) is -0.478. The van der Waals surface area contributed by atoms with Crippen LogP contribution in [0.3, 0.4) is 0 Å². The summed E-state index contributed by atoms with van der Waals surface area (Å²) in [6.07, 6.45) is 4.45. The molecule has 1 aromatic heterocycles. The fourth-order valence-corrected chi connectivity index (χ4v) is 3.18. The van der Waals surface area contributed by atoms with Gasteiger partial charge in [0, 0.05) is 5.56 Å². The smallest absolute Gasteiger partial charge is 0.413 e. The van der Waals surface area contributed by atoms with Crippen LogP contribution in [0.2, 0.25) is 5.15 Å². The van der Waals surface area contributed by atoms with Gasteiger partial charge in [-0.05, 0) is 26.8 Å². The van der Waals surface area contributed by atoms with Crippen molar-refractivity contribution in [3.8, 4) is 12.3 Å². The molecule has 2 rings (SSSR count). The highest BCUT2D eigenvalue weighted by molar-refractivity contribution is 7.18. The Balaban J connectivity index is 2.20. The fourth-order valence-electron chi connectivity index (χ4n) is 2.06. The number of aromatic nitrogens is 1. The number of terminal acetylenes is 1. The average molecular weight is 440 g/mol. The van der Waals surface area contributed by atoms with Crippen molar-refractivity contribution < 1.29 is 23.6 Å². The highest BCUT2D eigenvalue weighted by Gasteiger charge is 2.26. The molecule has 2 aromatic rings. The van der Waals surface area contributed by atoms with Crippen molar-refractivity contribution in [3.05, 3.63) is 45.7 Å². The van der Waals surface area contributed by atoms with Crippen molar-refractivity contribution in [3.63, 3.8) is 0 Å². The van der Waals surface area contributed by atoms with Gasteiger partial charge in [0.15, 0.2) is 10.3 Å². The number of hydrogen-bond donors (Lipinski definition) is 1. The van der Waals surface area contributed by atoms with Crippen LogP contribution in [0.4, 0.5) is 14.3 Å². The van der Waals surface area contributed by atoms with Crippen molar-refractivity contribution in [1.29, 1.82) is 0 Å². The lowest BCUT2D eigenvalue weighted by Crippen LogP contribution is -2.31. The third-order valence-corrected chi connectivity index (χ3v) is 4.53. The van der Waals surface area contributed by atoms with E-state index < -0.39 is 23.4 Å².